The molecule has 0 saturated carbocycles. The minimum absolute atomic E-state index is 0.752. The maximum absolute atomic E-state index is 14.2. The third-order valence-electron chi connectivity index (χ3n) is 4.45. The predicted octanol–water partition coefficient (Wildman–Crippen LogP) is 4.88. The van der Waals surface area contributed by atoms with Crippen molar-refractivity contribution in [1.29, 1.82) is 0 Å². The Labute approximate surface area is 195 Å². The molecule has 224 valence electrons. The summed E-state index contributed by atoms with van der Waals surface area (Å²) in [6.07, 6.45) is -7.88. The molecular formula is C14H14F17NO4S. The number of alkyl halides is 17. The fraction of sp³-hybridized carbons (Fsp3) is 1.00. The van der Waals surface area contributed by atoms with Crippen LogP contribution in [0.2, 0.25) is 0 Å². The number of nitrogens with zero attached hydrogens (tertiary/aromatic N) is 1. The van der Waals surface area contributed by atoms with Crippen LogP contribution in [0.1, 0.15) is 0 Å². The molecule has 0 spiro atoms. The molecule has 0 radical (unpaired) electrons. The molecule has 37 heavy (non-hydrogen) atoms. The van der Waals surface area contributed by atoms with Crippen molar-refractivity contribution in [3.8, 4) is 0 Å². The van der Waals surface area contributed by atoms with Crippen LogP contribution in [-0.4, -0.2) is 100 Å². The maximum Gasteiger partial charge on any atom is 0.460 e. The van der Waals surface area contributed by atoms with E-state index in [9.17, 15) is 83.1 Å². The molecule has 0 bridgehead atoms. The van der Waals surface area contributed by atoms with Crippen LogP contribution in [-0.2, 0) is 19.5 Å². The van der Waals surface area contributed by atoms with Gasteiger partial charge in [0, 0.05) is 27.3 Å². The second-order valence-corrected chi connectivity index (χ2v) is 8.83. The highest BCUT2D eigenvalue weighted by Gasteiger charge is 2.96. The van der Waals surface area contributed by atoms with Gasteiger partial charge in [-0.05, 0) is 0 Å². The van der Waals surface area contributed by atoms with Gasteiger partial charge in [-0.15, -0.1) is 0 Å². The van der Waals surface area contributed by atoms with Crippen LogP contribution in [0.5, 0.6) is 0 Å². The fourth-order valence-electron chi connectivity index (χ4n) is 2.21. The van der Waals surface area contributed by atoms with E-state index in [1.807, 2.05) is 0 Å². The topological polar surface area (TPSA) is 55.8 Å². The fourth-order valence-corrected chi connectivity index (χ4v) is 3.62. The van der Waals surface area contributed by atoms with E-state index in [0.717, 1.165) is 14.2 Å². The lowest BCUT2D eigenvalue weighted by atomic mass is 9.91. The standard InChI is InChI=1S/C14H14F17NO4S/c1-35-5-3-32(4-6-36-2)37(33,34)14(30,31)12(25,26)10(21,22)8(17,18)7(15,16)9(19,20)11(23,24)13(27,28)29/h3-6H2,1-2H3. The molecule has 0 aliphatic carbocycles. The third-order valence-corrected chi connectivity index (χ3v) is 6.40. The molecule has 0 aromatic heterocycles. The Morgan fingerprint density at radius 1 is 0.514 bits per heavy atom. The first kappa shape index (κ1) is 35.6. The van der Waals surface area contributed by atoms with Gasteiger partial charge in [0.15, 0.2) is 0 Å². The van der Waals surface area contributed by atoms with Gasteiger partial charge >= 0.3 is 47.0 Å². The number of hydrogen-bond donors (Lipinski definition) is 0. The van der Waals surface area contributed by atoms with E-state index in [1.54, 1.807) is 0 Å². The third kappa shape index (κ3) is 5.15. The number of halogens is 17. The lowest BCUT2D eigenvalue weighted by Crippen LogP contribution is -2.75. The van der Waals surface area contributed by atoms with Crippen molar-refractivity contribution in [2.75, 3.05) is 40.5 Å². The smallest absolute Gasteiger partial charge is 0.383 e. The van der Waals surface area contributed by atoms with Gasteiger partial charge in [0.25, 0.3) is 10.0 Å². The zero-order valence-corrected chi connectivity index (χ0v) is 18.6. The zero-order valence-electron chi connectivity index (χ0n) is 17.7. The van der Waals surface area contributed by atoms with Crippen molar-refractivity contribution >= 4 is 10.0 Å². The quantitative estimate of drug-likeness (QED) is 0.262. The molecule has 0 saturated heterocycles. The van der Waals surface area contributed by atoms with Crippen molar-refractivity contribution in [2.45, 2.75) is 47.0 Å². The van der Waals surface area contributed by atoms with Gasteiger partial charge in [-0.1, -0.05) is 0 Å². The highest BCUT2D eigenvalue weighted by Crippen LogP contribution is 2.64. The van der Waals surface area contributed by atoms with Crippen LogP contribution in [0.4, 0.5) is 74.6 Å². The van der Waals surface area contributed by atoms with Crippen LogP contribution < -0.4 is 0 Å². The molecule has 23 heteroatoms. The van der Waals surface area contributed by atoms with Crippen LogP contribution in [0.3, 0.4) is 0 Å². The first-order valence-corrected chi connectivity index (χ1v) is 10.1. The van der Waals surface area contributed by atoms with Crippen LogP contribution in [0, 0.1) is 0 Å². The monoisotopic (exact) mass is 615 g/mol. The van der Waals surface area contributed by atoms with E-state index in [-0.39, 0.29) is 0 Å². The van der Waals surface area contributed by atoms with Crippen molar-refractivity contribution in [2.24, 2.45) is 0 Å². The number of ether oxygens (including phenoxy) is 2. The molecule has 0 aliphatic heterocycles. The zero-order chi connectivity index (χ0) is 30.3. The summed E-state index contributed by atoms with van der Waals surface area (Å²) in [6, 6.07) is 0. The molecule has 0 aromatic rings. The molecule has 0 heterocycles. The van der Waals surface area contributed by atoms with Gasteiger partial charge in [0.05, 0.1) is 13.2 Å². The Kier molecular flexibility index (Phi) is 9.94. The number of methoxy groups -OCH3 is 2. The molecule has 0 N–H and O–H groups in total. The van der Waals surface area contributed by atoms with Gasteiger partial charge in [-0.3, -0.25) is 0 Å². The van der Waals surface area contributed by atoms with E-state index >= 15 is 0 Å². The summed E-state index contributed by atoms with van der Waals surface area (Å²) in [6.45, 7) is -4.81. The summed E-state index contributed by atoms with van der Waals surface area (Å²) in [4.78, 5) is 0. The summed E-state index contributed by atoms with van der Waals surface area (Å²) in [5, 5.41) is -7.60. The predicted molar refractivity (Wildman–Crippen MR) is 84.9 cm³/mol. The molecule has 0 aliphatic rings. The van der Waals surface area contributed by atoms with Crippen LogP contribution >= 0.6 is 0 Å². The van der Waals surface area contributed by atoms with E-state index < -0.39 is 87.6 Å². The first-order valence-electron chi connectivity index (χ1n) is 8.71. The van der Waals surface area contributed by atoms with Crippen LogP contribution in [0.25, 0.3) is 0 Å². The SMILES string of the molecule is COCCN(CCOC)S(=O)(=O)C(F)(F)C(F)(F)C(F)(F)C(F)(F)C(F)(F)C(F)(F)C(F)(F)C(F)(F)F. The minimum atomic E-state index is -8.87. The van der Waals surface area contributed by atoms with E-state index in [2.05, 4.69) is 9.47 Å². The van der Waals surface area contributed by atoms with Crippen LogP contribution in [0.15, 0.2) is 0 Å². The highest BCUT2D eigenvalue weighted by molar-refractivity contribution is 7.90. The van der Waals surface area contributed by atoms with E-state index in [1.165, 1.54) is 0 Å². The minimum Gasteiger partial charge on any atom is -0.383 e. The molecule has 0 unspecified atom stereocenters. The molecule has 0 rings (SSSR count). The molecule has 0 amide bonds. The van der Waals surface area contributed by atoms with Crippen molar-refractivity contribution in [1.82, 2.24) is 4.31 Å². The average Bonchev–Trinajstić information content (AvgIpc) is 2.71. The molecule has 0 fully saturated rings. The lowest BCUT2D eigenvalue weighted by molar-refractivity contribution is -0.458. The summed E-state index contributed by atoms with van der Waals surface area (Å²) >= 11 is 0. The maximum atomic E-state index is 14.2. The summed E-state index contributed by atoms with van der Waals surface area (Å²) in [5.41, 5.74) is 0. The van der Waals surface area contributed by atoms with Gasteiger partial charge in [-0.2, -0.15) is 78.9 Å². The van der Waals surface area contributed by atoms with Gasteiger partial charge in [0.1, 0.15) is 0 Å². The first-order chi connectivity index (χ1) is 16.0. The number of sulfonamides is 1. The molecule has 5 nitrogen and oxygen atoms in total. The second-order valence-electron chi connectivity index (χ2n) is 6.85. The Bertz CT molecular complexity index is 879. The normalized spacial score (nSPS) is 16.0. The van der Waals surface area contributed by atoms with Gasteiger partial charge < -0.3 is 9.47 Å². The Morgan fingerprint density at radius 2 is 0.784 bits per heavy atom. The number of rotatable bonds is 14. The van der Waals surface area contributed by atoms with Crippen molar-refractivity contribution < 1.29 is 92.5 Å². The summed E-state index contributed by atoms with van der Waals surface area (Å²) in [7, 11) is -5.86. The van der Waals surface area contributed by atoms with Crippen molar-refractivity contribution in [3.05, 3.63) is 0 Å². The van der Waals surface area contributed by atoms with Gasteiger partial charge in [-0.25, -0.2) is 8.42 Å². The average molecular weight is 615 g/mol. The Hall–Kier alpha value is -1.36. The number of hydrogen-bond acceptors (Lipinski definition) is 4. The summed E-state index contributed by atoms with van der Waals surface area (Å²) in [5.74, 6) is -51.8. The Morgan fingerprint density at radius 3 is 1.05 bits per heavy atom. The Balaban J connectivity index is 6.98. The molecular weight excluding hydrogens is 601 g/mol. The lowest BCUT2D eigenvalue weighted by Gasteiger charge is -2.43. The van der Waals surface area contributed by atoms with Crippen molar-refractivity contribution in [3.63, 3.8) is 0 Å². The summed E-state index contributed by atoms with van der Waals surface area (Å²) < 4.78 is 258. The largest absolute Gasteiger partial charge is 0.460 e. The molecule has 0 atom stereocenters. The molecule has 0 aromatic carbocycles. The van der Waals surface area contributed by atoms with E-state index in [0.29, 0.717) is 0 Å². The second kappa shape index (κ2) is 10.3. The van der Waals surface area contributed by atoms with Gasteiger partial charge in [0.2, 0.25) is 0 Å². The highest BCUT2D eigenvalue weighted by atomic mass is 32.2. The van der Waals surface area contributed by atoms with E-state index in [4.69, 9.17) is 0 Å².